The Morgan fingerprint density at radius 1 is 1.06 bits per heavy atom. The van der Waals surface area contributed by atoms with Gasteiger partial charge in [0.15, 0.2) is 11.5 Å². The number of nitrogens with zero attached hydrogens (tertiary/aromatic N) is 3. The maximum atomic E-state index is 13.2. The zero-order valence-corrected chi connectivity index (χ0v) is 19.6. The van der Waals surface area contributed by atoms with Gasteiger partial charge in [-0.1, -0.05) is 18.2 Å². The summed E-state index contributed by atoms with van der Waals surface area (Å²) in [6.07, 6.45) is 5.18. The number of nitrogens with one attached hydrogen (secondary N) is 1. The van der Waals surface area contributed by atoms with Crippen LogP contribution in [-0.4, -0.2) is 61.5 Å². The Bertz CT molecular complexity index is 1070. The molecule has 0 saturated carbocycles. The van der Waals surface area contributed by atoms with Gasteiger partial charge in [-0.3, -0.25) is 4.79 Å². The lowest BCUT2D eigenvalue weighted by atomic mass is 9.94. The smallest absolute Gasteiger partial charge is 0.255 e. The van der Waals surface area contributed by atoms with Crippen molar-refractivity contribution in [2.45, 2.75) is 19.3 Å². The second-order valence-electron chi connectivity index (χ2n) is 8.53. The molecule has 1 N–H and O–H groups in total. The van der Waals surface area contributed by atoms with Gasteiger partial charge in [0.2, 0.25) is 0 Å². The van der Waals surface area contributed by atoms with E-state index < -0.39 is 0 Å². The quantitative estimate of drug-likeness (QED) is 0.564. The first-order valence-corrected chi connectivity index (χ1v) is 11.4. The molecule has 7 nitrogen and oxygen atoms in total. The van der Waals surface area contributed by atoms with Crippen molar-refractivity contribution in [1.29, 1.82) is 0 Å². The molecule has 1 amide bonds. The molecule has 1 saturated heterocycles. The Hall–Kier alpha value is -3.32. The van der Waals surface area contributed by atoms with Crippen LogP contribution in [0.4, 0.5) is 0 Å². The topological polar surface area (TPSA) is 68.6 Å². The number of para-hydroxylation sites is 1. The highest BCUT2D eigenvalue weighted by atomic mass is 16.5. The Balaban J connectivity index is 1.58. The Kier molecular flexibility index (Phi) is 7.29. The fourth-order valence-electron chi connectivity index (χ4n) is 4.29. The molecule has 1 fully saturated rings. The molecule has 4 rings (SSSR count). The van der Waals surface area contributed by atoms with E-state index in [0.29, 0.717) is 35.2 Å². The third-order valence-corrected chi connectivity index (χ3v) is 6.31. The monoisotopic (exact) mass is 448 g/mol. The molecule has 7 heteroatoms. The Morgan fingerprint density at radius 2 is 1.79 bits per heavy atom. The molecule has 3 aromatic rings. The lowest BCUT2D eigenvalue weighted by Gasteiger charge is -2.28. The Labute approximate surface area is 195 Å². The van der Waals surface area contributed by atoms with Crippen LogP contribution in [0, 0.1) is 5.92 Å². The van der Waals surface area contributed by atoms with Crippen LogP contribution in [-0.2, 0) is 0 Å². The van der Waals surface area contributed by atoms with Crippen LogP contribution in [0.3, 0.4) is 0 Å². The molecule has 33 heavy (non-hydrogen) atoms. The number of hydrogen-bond donors (Lipinski definition) is 1. The average Bonchev–Trinajstić information content (AvgIpc) is 3.31. The molecule has 0 atom stereocenters. The molecule has 0 unspecified atom stereocenters. The van der Waals surface area contributed by atoms with Crippen molar-refractivity contribution >= 4 is 5.91 Å². The summed E-state index contributed by atoms with van der Waals surface area (Å²) in [7, 11) is 5.36. The number of carbonyl (C=O) groups is 1. The SMILES string of the molecule is COc1ccc(-c2nn(-c3ccccc3)cc2C(=O)NCCC2CCN(C)CC2)cc1OC. The second-order valence-corrected chi connectivity index (χ2v) is 8.53. The van der Waals surface area contributed by atoms with E-state index in [1.54, 1.807) is 25.1 Å². The van der Waals surface area contributed by atoms with Gasteiger partial charge < -0.3 is 19.7 Å². The van der Waals surface area contributed by atoms with Crippen LogP contribution >= 0.6 is 0 Å². The summed E-state index contributed by atoms with van der Waals surface area (Å²) in [4.78, 5) is 15.6. The molecule has 1 aromatic heterocycles. The largest absolute Gasteiger partial charge is 0.493 e. The van der Waals surface area contributed by atoms with Gasteiger partial charge in [-0.15, -0.1) is 0 Å². The van der Waals surface area contributed by atoms with Crippen molar-refractivity contribution < 1.29 is 14.3 Å². The van der Waals surface area contributed by atoms with Crippen molar-refractivity contribution in [1.82, 2.24) is 20.0 Å². The molecule has 2 heterocycles. The molecule has 1 aliphatic rings. The summed E-state index contributed by atoms with van der Waals surface area (Å²) < 4.78 is 12.6. The van der Waals surface area contributed by atoms with Gasteiger partial charge in [-0.2, -0.15) is 5.10 Å². The van der Waals surface area contributed by atoms with Crippen molar-refractivity contribution in [3.8, 4) is 28.4 Å². The standard InChI is InChI=1S/C26H32N4O3/c1-29-15-12-19(13-16-29)11-14-27-26(31)22-18-30(21-7-5-4-6-8-21)28-25(22)20-9-10-23(32-2)24(17-20)33-3/h4-10,17-19H,11-16H2,1-3H3,(H,27,31). The predicted octanol–water partition coefficient (Wildman–Crippen LogP) is 4.02. The first kappa shape index (κ1) is 22.9. The number of aromatic nitrogens is 2. The molecule has 0 aliphatic carbocycles. The van der Waals surface area contributed by atoms with Crippen LogP contribution in [0.1, 0.15) is 29.6 Å². The number of piperidine rings is 1. The van der Waals surface area contributed by atoms with Crippen LogP contribution in [0.5, 0.6) is 11.5 Å². The summed E-state index contributed by atoms with van der Waals surface area (Å²) in [6, 6.07) is 15.4. The minimum atomic E-state index is -0.116. The number of ether oxygens (including phenoxy) is 2. The van der Waals surface area contributed by atoms with E-state index in [2.05, 4.69) is 17.3 Å². The highest BCUT2D eigenvalue weighted by molar-refractivity contribution is 6.00. The van der Waals surface area contributed by atoms with E-state index in [4.69, 9.17) is 14.6 Å². The number of carbonyl (C=O) groups excluding carboxylic acids is 1. The minimum Gasteiger partial charge on any atom is -0.493 e. The molecule has 0 spiro atoms. The third-order valence-electron chi connectivity index (χ3n) is 6.31. The summed E-state index contributed by atoms with van der Waals surface area (Å²) in [5, 5.41) is 7.88. The third kappa shape index (κ3) is 5.37. The molecule has 0 bridgehead atoms. The number of hydrogen-bond acceptors (Lipinski definition) is 5. The second kappa shape index (κ2) is 10.5. The summed E-state index contributed by atoms with van der Waals surface area (Å²) in [5.41, 5.74) is 2.83. The number of likely N-dealkylation sites (tertiary alicyclic amines) is 1. The van der Waals surface area contributed by atoms with E-state index in [9.17, 15) is 4.79 Å². The lowest BCUT2D eigenvalue weighted by Crippen LogP contribution is -2.32. The highest BCUT2D eigenvalue weighted by Crippen LogP contribution is 2.33. The molecule has 0 radical (unpaired) electrons. The fourth-order valence-corrected chi connectivity index (χ4v) is 4.29. The van der Waals surface area contributed by atoms with Crippen LogP contribution in [0.25, 0.3) is 16.9 Å². The van der Waals surface area contributed by atoms with E-state index >= 15 is 0 Å². The zero-order valence-electron chi connectivity index (χ0n) is 19.6. The fraction of sp³-hybridized carbons (Fsp3) is 0.385. The van der Waals surface area contributed by atoms with E-state index in [1.807, 2.05) is 48.5 Å². The number of rotatable bonds is 8. The predicted molar refractivity (Wildman–Crippen MR) is 129 cm³/mol. The van der Waals surface area contributed by atoms with Gasteiger partial charge in [0.1, 0.15) is 5.69 Å². The van der Waals surface area contributed by atoms with Crippen molar-refractivity contribution in [2.75, 3.05) is 40.9 Å². The maximum absolute atomic E-state index is 13.2. The van der Waals surface area contributed by atoms with Gasteiger partial charge in [-0.25, -0.2) is 4.68 Å². The van der Waals surface area contributed by atoms with E-state index in [-0.39, 0.29) is 5.91 Å². The normalized spacial score (nSPS) is 14.8. The molecule has 174 valence electrons. The van der Waals surface area contributed by atoms with Crippen LogP contribution < -0.4 is 14.8 Å². The zero-order chi connectivity index (χ0) is 23.2. The van der Waals surface area contributed by atoms with Crippen molar-refractivity contribution in [2.24, 2.45) is 5.92 Å². The summed E-state index contributed by atoms with van der Waals surface area (Å²) in [6.45, 7) is 2.92. The maximum Gasteiger partial charge on any atom is 0.255 e. The van der Waals surface area contributed by atoms with Gasteiger partial charge >= 0.3 is 0 Å². The van der Waals surface area contributed by atoms with Gasteiger partial charge in [0.05, 0.1) is 25.5 Å². The van der Waals surface area contributed by atoms with E-state index in [0.717, 1.165) is 30.8 Å². The first-order valence-electron chi connectivity index (χ1n) is 11.4. The number of benzene rings is 2. The number of methoxy groups -OCH3 is 2. The highest BCUT2D eigenvalue weighted by Gasteiger charge is 2.21. The van der Waals surface area contributed by atoms with Gasteiger partial charge in [0.25, 0.3) is 5.91 Å². The van der Waals surface area contributed by atoms with Gasteiger partial charge in [0, 0.05) is 18.3 Å². The van der Waals surface area contributed by atoms with E-state index in [1.165, 1.54) is 12.8 Å². The van der Waals surface area contributed by atoms with Crippen LogP contribution in [0.2, 0.25) is 0 Å². The lowest BCUT2D eigenvalue weighted by molar-refractivity contribution is 0.0949. The van der Waals surface area contributed by atoms with Crippen molar-refractivity contribution in [3.63, 3.8) is 0 Å². The van der Waals surface area contributed by atoms with Crippen molar-refractivity contribution in [3.05, 3.63) is 60.3 Å². The van der Waals surface area contributed by atoms with Gasteiger partial charge in [-0.05, 0) is 75.6 Å². The van der Waals surface area contributed by atoms with Crippen LogP contribution in [0.15, 0.2) is 54.7 Å². The molecular weight excluding hydrogens is 416 g/mol. The Morgan fingerprint density at radius 3 is 2.48 bits per heavy atom. The molecule has 1 aliphatic heterocycles. The summed E-state index contributed by atoms with van der Waals surface area (Å²) >= 11 is 0. The molecular formula is C26H32N4O3. The minimum absolute atomic E-state index is 0.116. The number of amides is 1. The summed E-state index contributed by atoms with van der Waals surface area (Å²) in [5.74, 6) is 1.78. The average molecular weight is 449 g/mol. The molecule has 2 aromatic carbocycles. The first-order chi connectivity index (χ1) is 16.1.